The van der Waals surface area contributed by atoms with Crippen LogP contribution in [-0.2, 0) is 42.9 Å². The Kier molecular flexibility index (Phi) is 17.0. The van der Waals surface area contributed by atoms with Crippen LogP contribution in [0.3, 0.4) is 0 Å². The van der Waals surface area contributed by atoms with Crippen molar-refractivity contribution in [2.45, 2.75) is 98.0 Å². The molecular weight excluding hydrogens is 1030 g/mol. The Bertz CT molecular complexity index is 1660. The Hall–Kier alpha value is -2.16. The van der Waals surface area contributed by atoms with Gasteiger partial charge in [0.25, 0.3) is 30.4 Å². The predicted molar refractivity (Wildman–Crippen MR) is 144 cm³/mol. The molecule has 0 bridgehead atoms. The fraction of sp³-hybridized carbons (Fsp3) is 1.00. The van der Waals surface area contributed by atoms with Crippen molar-refractivity contribution in [2.24, 2.45) is 5.41 Å². The lowest BCUT2D eigenvalue weighted by atomic mass is 9.95. The van der Waals surface area contributed by atoms with Gasteiger partial charge < -0.3 is 0 Å². The van der Waals surface area contributed by atoms with Crippen LogP contribution in [0.4, 0.5) is 119 Å². The first kappa shape index (κ1) is 59.8. The molecule has 0 heterocycles. The summed E-state index contributed by atoms with van der Waals surface area (Å²) in [4.78, 5) is 0. The summed E-state index contributed by atoms with van der Waals surface area (Å²) in [5.41, 5.74) is -3.28. The highest BCUT2D eigenvalue weighted by Gasteiger charge is 2.83. The summed E-state index contributed by atoms with van der Waals surface area (Å²) in [6.07, 6.45) is -32.1. The van der Waals surface area contributed by atoms with E-state index in [0.29, 0.717) is 0 Å². The molecule has 0 aliphatic carbocycles. The Morgan fingerprint density at radius 3 is 0.613 bits per heavy atom. The van der Waals surface area contributed by atoms with Crippen molar-refractivity contribution in [2.75, 3.05) is 37.1 Å². The largest absolute Gasteiger partial charge is 0.460 e. The lowest BCUT2D eigenvalue weighted by Crippen LogP contribution is -2.61. The summed E-state index contributed by atoms with van der Waals surface area (Å²) in [5, 5.41) is 0. The number of alkyl halides is 27. The lowest BCUT2D eigenvalue weighted by molar-refractivity contribution is -0.396. The van der Waals surface area contributed by atoms with E-state index in [4.69, 9.17) is 0 Å². The second-order valence-electron chi connectivity index (χ2n) is 12.7. The number of hydrogen-bond donors (Lipinski definition) is 0. The molecular formula is C23H21F27O9S3. The van der Waals surface area contributed by atoms with Gasteiger partial charge in [-0.3, -0.25) is 12.5 Å². The third-order valence-corrected chi connectivity index (χ3v) is 10.9. The monoisotopic (exact) mass is 1050 g/mol. The van der Waals surface area contributed by atoms with Gasteiger partial charge in [0.05, 0.1) is 37.1 Å². The van der Waals surface area contributed by atoms with E-state index in [1.165, 1.54) is 0 Å². The van der Waals surface area contributed by atoms with Crippen molar-refractivity contribution in [1.29, 1.82) is 0 Å². The summed E-state index contributed by atoms with van der Waals surface area (Å²) in [7, 11) is -18.5. The van der Waals surface area contributed by atoms with Gasteiger partial charge in [-0.1, -0.05) is 6.92 Å². The molecule has 0 unspecified atom stereocenters. The number of halogens is 27. The van der Waals surface area contributed by atoms with Gasteiger partial charge in [0.15, 0.2) is 0 Å². The SMILES string of the molecule is CC(COS(=O)(=O)CCC(F)(F)C(F)(F)C(F)(F)C(F)(F)F)(COS(=O)(=O)CCC(F)(F)C(F)(F)C(F)(F)C(F)(F)F)COS(=O)(=O)CCC(F)(F)C(F)(F)C(F)(F)C(F)(F)F. The number of rotatable bonds is 24. The maximum atomic E-state index is 13.8. The van der Waals surface area contributed by atoms with Gasteiger partial charge >= 0.3 is 71.8 Å². The zero-order chi connectivity index (χ0) is 50.5. The van der Waals surface area contributed by atoms with Crippen LogP contribution in [0.1, 0.15) is 26.2 Å². The molecule has 0 atom stereocenters. The molecule has 0 aliphatic heterocycles. The van der Waals surface area contributed by atoms with Gasteiger partial charge in [0.1, 0.15) is 0 Å². The van der Waals surface area contributed by atoms with E-state index in [1.807, 2.05) is 0 Å². The summed E-state index contributed by atoms with van der Waals surface area (Å²) in [5.74, 6) is -73.6. The van der Waals surface area contributed by atoms with E-state index >= 15 is 0 Å². The van der Waals surface area contributed by atoms with E-state index in [2.05, 4.69) is 12.5 Å². The van der Waals surface area contributed by atoms with Crippen molar-refractivity contribution >= 4 is 30.4 Å². The molecule has 0 spiro atoms. The molecule has 0 aromatic rings. The van der Waals surface area contributed by atoms with Gasteiger partial charge in [-0.05, 0) is 0 Å². The molecule has 0 saturated carbocycles. The van der Waals surface area contributed by atoms with Gasteiger partial charge in [0.2, 0.25) is 0 Å². The average molecular weight is 1050 g/mol. The van der Waals surface area contributed by atoms with Crippen molar-refractivity contribution in [3.05, 3.63) is 0 Å². The molecule has 0 aromatic carbocycles. The molecule has 62 heavy (non-hydrogen) atoms. The fourth-order valence-electron chi connectivity index (χ4n) is 3.45. The van der Waals surface area contributed by atoms with Crippen molar-refractivity contribution in [1.82, 2.24) is 0 Å². The minimum atomic E-state index is -7.60. The van der Waals surface area contributed by atoms with E-state index in [-0.39, 0.29) is 6.92 Å². The van der Waals surface area contributed by atoms with Crippen molar-refractivity contribution in [3.63, 3.8) is 0 Å². The summed E-state index contributed by atoms with van der Waals surface area (Å²) < 4.78 is 437. The topological polar surface area (TPSA) is 130 Å². The van der Waals surface area contributed by atoms with Gasteiger partial charge in [-0.15, -0.1) is 0 Å². The first-order chi connectivity index (χ1) is 26.5. The quantitative estimate of drug-likeness (QED) is 0.0690. The second kappa shape index (κ2) is 17.6. The van der Waals surface area contributed by atoms with E-state index in [0.717, 1.165) is 0 Å². The van der Waals surface area contributed by atoms with E-state index in [9.17, 15) is 144 Å². The lowest BCUT2D eigenvalue weighted by Gasteiger charge is -2.34. The predicted octanol–water partition coefficient (Wildman–Crippen LogP) is 8.61. The van der Waals surface area contributed by atoms with E-state index < -0.39 is 164 Å². The van der Waals surface area contributed by atoms with Gasteiger partial charge in [-0.2, -0.15) is 144 Å². The molecule has 0 rings (SSSR count). The molecule has 374 valence electrons. The highest BCUT2D eigenvalue weighted by molar-refractivity contribution is 7.87. The van der Waals surface area contributed by atoms with Crippen molar-refractivity contribution in [3.8, 4) is 0 Å². The summed E-state index contributed by atoms with van der Waals surface area (Å²) in [6.45, 7) is -6.77. The molecule has 0 aliphatic rings. The molecule has 39 heteroatoms. The first-order valence-electron chi connectivity index (χ1n) is 14.7. The second-order valence-corrected chi connectivity index (χ2v) is 18.0. The molecule has 0 fully saturated rings. The molecule has 0 amide bonds. The van der Waals surface area contributed by atoms with Crippen LogP contribution in [0.15, 0.2) is 0 Å². The molecule has 0 N–H and O–H groups in total. The maximum absolute atomic E-state index is 13.8. The van der Waals surface area contributed by atoms with Crippen LogP contribution in [0.5, 0.6) is 0 Å². The highest BCUT2D eigenvalue weighted by atomic mass is 32.2. The third kappa shape index (κ3) is 12.8. The molecule has 0 aromatic heterocycles. The number of hydrogen-bond acceptors (Lipinski definition) is 9. The molecule has 0 radical (unpaired) electrons. The van der Waals surface area contributed by atoms with Crippen LogP contribution in [0.2, 0.25) is 0 Å². The molecule has 9 nitrogen and oxygen atoms in total. The minimum Gasteiger partial charge on any atom is -0.269 e. The van der Waals surface area contributed by atoms with E-state index in [1.54, 1.807) is 0 Å². The van der Waals surface area contributed by atoms with Crippen LogP contribution in [0, 0.1) is 5.41 Å². The average Bonchev–Trinajstić information content (AvgIpc) is 3.05. The van der Waals surface area contributed by atoms with Crippen LogP contribution >= 0.6 is 0 Å². The standard InChI is InChI=1S/C23H21F27O9S3/c1-11(8-57-60(51,52)5-2-12(24,25)15(30,31)18(36,37)21(42,43)44,9-58-61(53,54)6-3-13(26,27)16(32,33)19(38,39)22(45,46)47)10-59-62(55,56)7-4-14(28,29)17(34,35)20(40,41)23(48,49)50/h2-10H2,1H3. The summed E-state index contributed by atoms with van der Waals surface area (Å²) in [6, 6.07) is 0. The van der Waals surface area contributed by atoms with Crippen LogP contribution in [-0.4, -0.2) is 134 Å². The minimum absolute atomic E-state index is 0.0689. The van der Waals surface area contributed by atoms with Crippen molar-refractivity contribution < 1.29 is 156 Å². The Morgan fingerprint density at radius 2 is 0.468 bits per heavy atom. The zero-order valence-corrected chi connectivity index (χ0v) is 31.4. The smallest absolute Gasteiger partial charge is 0.269 e. The maximum Gasteiger partial charge on any atom is 0.460 e. The highest BCUT2D eigenvalue weighted by Crippen LogP contribution is 2.56. The van der Waals surface area contributed by atoms with Crippen LogP contribution in [0.25, 0.3) is 0 Å². The summed E-state index contributed by atoms with van der Waals surface area (Å²) >= 11 is 0. The normalized spacial score (nSPS) is 16.3. The Balaban J connectivity index is 6.62. The fourth-order valence-corrected chi connectivity index (χ4v) is 6.72. The molecule has 0 saturated heterocycles. The van der Waals surface area contributed by atoms with Gasteiger partial charge in [-0.25, -0.2) is 0 Å². The Morgan fingerprint density at radius 1 is 0.306 bits per heavy atom. The van der Waals surface area contributed by atoms with Crippen LogP contribution < -0.4 is 0 Å². The third-order valence-electron chi connectivity index (χ3n) is 7.39. The van der Waals surface area contributed by atoms with Gasteiger partial charge in [0, 0.05) is 24.7 Å². The Labute approximate surface area is 327 Å². The first-order valence-corrected chi connectivity index (χ1v) is 19.4. The zero-order valence-electron chi connectivity index (χ0n) is 29.0.